The summed E-state index contributed by atoms with van der Waals surface area (Å²) in [5.74, 6) is 0. The lowest BCUT2D eigenvalue weighted by Crippen LogP contribution is -2.12. The van der Waals surface area contributed by atoms with Crippen molar-refractivity contribution in [3.05, 3.63) is 64.5 Å². The minimum atomic E-state index is 0.0347. The number of aromatic nitrogens is 2. The number of nitrogens with zero attached hydrogens (tertiary/aromatic N) is 2. The van der Waals surface area contributed by atoms with Gasteiger partial charge < -0.3 is 4.57 Å². The Morgan fingerprint density at radius 1 is 1.12 bits per heavy atom. The summed E-state index contributed by atoms with van der Waals surface area (Å²) in [7, 11) is 1.72. The summed E-state index contributed by atoms with van der Waals surface area (Å²) in [6, 6.07) is 13.2. The minimum absolute atomic E-state index is 0.0347. The standard InChI is InChI=1S/C7H5NS.C6H7NO/c1-2-4-7-6(3-1)8-5-9-7;1-7-5-3-2-4-6(7)8/h1-5H;2-5H,1H3. The third kappa shape index (κ3) is 3.01. The monoisotopic (exact) mass is 244 g/mol. The lowest BCUT2D eigenvalue weighted by Gasteiger charge is -1.89. The van der Waals surface area contributed by atoms with E-state index in [2.05, 4.69) is 11.1 Å². The van der Waals surface area contributed by atoms with E-state index >= 15 is 0 Å². The number of benzene rings is 1. The van der Waals surface area contributed by atoms with Crippen molar-refractivity contribution < 1.29 is 0 Å². The van der Waals surface area contributed by atoms with Gasteiger partial charge in [-0.05, 0) is 18.2 Å². The maximum absolute atomic E-state index is 10.6. The van der Waals surface area contributed by atoms with E-state index in [0.29, 0.717) is 0 Å². The average molecular weight is 244 g/mol. The summed E-state index contributed by atoms with van der Waals surface area (Å²) < 4.78 is 2.79. The highest BCUT2D eigenvalue weighted by atomic mass is 32.1. The third-order valence-electron chi connectivity index (χ3n) is 2.24. The molecular formula is C13H12N2OS. The molecule has 0 atom stereocenters. The molecule has 2 aromatic heterocycles. The van der Waals surface area contributed by atoms with Gasteiger partial charge in [-0.2, -0.15) is 0 Å². The summed E-state index contributed by atoms with van der Waals surface area (Å²) >= 11 is 1.68. The topological polar surface area (TPSA) is 34.9 Å². The van der Waals surface area contributed by atoms with E-state index < -0.39 is 0 Å². The van der Waals surface area contributed by atoms with Crippen LogP contribution in [0.4, 0.5) is 0 Å². The number of hydrogen-bond acceptors (Lipinski definition) is 3. The Balaban J connectivity index is 0.000000128. The summed E-state index contributed by atoms with van der Waals surface area (Å²) in [4.78, 5) is 14.7. The second-order valence-corrected chi connectivity index (χ2v) is 4.36. The Morgan fingerprint density at radius 2 is 1.88 bits per heavy atom. The number of aryl methyl sites for hydroxylation is 1. The number of fused-ring (bicyclic) bond motifs is 1. The van der Waals surface area contributed by atoms with Crippen molar-refractivity contribution >= 4 is 21.6 Å². The molecule has 0 amide bonds. The van der Waals surface area contributed by atoms with Gasteiger partial charge in [-0.3, -0.25) is 4.79 Å². The summed E-state index contributed by atoms with van der Waals surface area (Å²) in [5.41, 5.74) is 3.00. The molecule has 0 radical (unpaired) electrons. The molecule has 3 nitrogen and oxygen atoms in total. The molecule has 86 valence electrons. The summed E-state index contributed by atoms with van der Waals surface area (Å²) in [6.45, 7) is 0. The zero-order valence-electron chi connectivity index (χ0n) is 9.41. The van der Waals surface area contributed by atoms with Crippen molar-refractivity contribution in [2.75, 3.05) is 0 Å². The molecule has 0 bridgehead atoms. The highest BCUT2D eigenvalue weighted by Gasteiger charge is 1.89. The van der Waals surface area contributed by atoms with Gasteiger partial charge in [0.05, 0.1) is 15.7 Å². The number of rotatable bonds is 0. The Kier molecular flexibility index (Phi) is 3.67. The molecular weight excluding hydrogens is 232 g/mol. The summed E-state index contributed by atoms with van der Waals surface area (Å²) in [5, 5.41) is 0. The number of pyridine rings is 1. The normalized spacial score (nSPS) is 9.71. The van der Waals surface area contributed by atoms with E-state index in [9.17, 15) is 4.79 Å². The molecule has 3 aromatic rings. The van der Waals surface area contributed by atoms with Gasteiger partial charge in [0.1, 0.15) is 0 Å². The smallest absolute Gasteiger partial charge is 0.250 e. The van der Waals surface area contributed by atoms with E-state index in [-0.39, 0.29) is 5.56 Å². The van der Waals surface area contributed by atoms with Crippen LogP contribution in [0.25, 0.3) is 10.2 Å². The Labute approximate surface area is 103 Å². The predicted octanol–water partition coefficient (Wildman–Crippen LogP) is 2.68. The van der Waals surface area contributed by atoms with Gasteiger partial charge in [0, 0.05) is 19.3 Å². The molecule has 0 aliphatic rings. The van der Waals surface area contributed by atoms with Crippen LogP contribution in [0.2, 0.25) is 0 Å². The van der Waals surface area contributed by atoms with Gasteiger partial charge in [-0.25, -0.2) is 4.98 Å². The molecule has 0 saturated heterocycles. The van der Waals surface area contributed by atoms with Crippen molar-refractivity contribution in [3.8, 4) is 0 Å². The molecule has 4 heteroatoms. The second kappa shape index (κ2) is 5.41. The molecule has 1 aromatic carbocycles. The highest BCUT2D eigenvalue weighted by Crippen LogP contribution is 2.15. The van der Waals surface area contributed by atoms with Crippen LogP contribution in [0, 0.1) is 0 Å². The van der Waals surface area contributed by atoms with E-state index in [1.165, 1.54) is 15.3 Å². The highest BCUT2D eigenvalue weighted by molar-refractivity contribution is 7.16. The van der Waals surface area contributed by atoms with Crippen LogP contribution in [0.3, 0.4) is 0 Å². The van der Waals surface area contributed by atoms with Crippen molar-refractivity contribution in [1.82, 2.24) is 9.55 Å². The van der Waals surface area contributed by atoms with Gasteiger partial charge in [-0.15, -0.1) is 11.3 Å². The first-order valence-electron chi connectivity index (χ1n) is 5.17. The molecule has 0 aliphatic heterocycles. The zero-order chi connectivity index (χ0) is 12.1. The van der Waals surface area contributed by atoms with Gasteiger partial charge in [-0.1, -0.05) is 18.2 Å². The zero-order valence-corrected chi connectivity index (χ0v) is 10.2. The van der Waals surface area contributed by atoms with Gasteiger partial charge in [0.15, 0.2) is 0 Å². The summed E-state index contributed by atoms with van der Waals surface area (Å²) in [6.07, 6.45) is 1.72. The first-order chi connectivity index (χ1) is 8.27. The van der Waals surface area contributed by atoms with Gasteiger partial charge in [0.2, 0.25) is 5.56 Å². The Morgan fingerprint density at radius 3 is 2.53 bits per heavy atom. The number of hydrogen-bond donors (Lipinski definition) is 0. The molecule has 0 unspecified atom stereocenters. The second-order valence-electron chi connectivity index (χ2n) is 3.47. The van der Waals surface area contributed by atoms with E-state index in [4.69, 9.17) is 0 Å². The number of thiazole rings is 1. The van der Waals surface area contributed by atoms with Crippen LogP contribution in [-0.4, -0.2) is 9.55 Å². The maximum Gasteiger partial charge on any atom is 0.250 e. The fourth-order valence-corrected chi connectivity index (χ4v) is 1.99. The van der Waals surface area contributed by atoms with Crippen LogP contribution >= 0.6 is 11.3 Å². The molecule has 2 heterocycles. The van der Waals surface area contributed by atoms with Crippen molar-refractivity contribution in [2.24, 2.45) is 7.05 Å². The molecule has 0 spiro atoms. The third-order valence-corrected chi connectivity index (χ3v) is 3.05. The van der Waals surface area contributed by atoms with Gasteiger partial charge in [0.25, 0.3) is 0 Å². The van der Waals surface area contributed by atoms with E-state index in [1.54, 1.807) is 30.6 Å². The molecule has 17 heavy (non-hydrogen) atoms. The SMILES string of the molecule is Cn1ccccc1=O.c1ccc2scnc2c1. The van der Waals surface area contributed by atoms with Crippen molar-refractivity contribution in [3.63, 3.8) is 0 Å². The first kappa shape index (κ1) is 11.5. The lowest BCUT2D eigenvalue weighted by molar-refractivity contribution is 0.860. The fourth-order valence-electron chi connectivity index (χ4n) is 1.31. The van der Waals surface area contributed by atoms with E-state index in [1.807, 2.05) is 29.8 Å². The Hall–Kier alpha value is -1.94. The lowest BCUT2D eigenvalue weighted by atomic mass is 10.3. The van der Waals surface area contributed by atoms with Gasteiger partial charge >= 0.3 is 0 Å². The largest absolute Gasteiger partial charge is 0.319 e. The van der Waals surface area contributed by atoms with Crippen LogP contribution in [-0.2, 0) is 7.05 Å². The first-order valence-corrected chi connectivity index (χ1v) is 6.05. The number of para-hydroxylation sites is 1. The molecule has 3 rings (SSSR count). The van der Waals surface area contributed by atoms with Crippen molar-refractivity contribution in [1.29, 1.82) is 0 Å². The molecule has 0 saturated carbocycles. The Bertz CT molecular complexity index is 627. The molecule has 0 N–H and O–H groups in total. The predicted molar refractivity (Wildman–Crippen MR) is 71.3 cm³/mol. The molecule has 0 aliphatic carbocycles. The fraction of sp³-hybridized carbons (Fsp3) is 0.0769. The van der Waals surface area contributed by atoms with Crippen LogP contribution in [0.15, 0.2) is 59.0 Å². The quantitative estimate of drug-likeness (QED) is 0.609. The van der Waals surface area contributed by atoms with E-state index in [0.717, 1.165) is 5.52 Å². The minimum Gasteiger partial charge on any atom is -0.319 e. The average Bonchev–Trinajstić information content (AvgIpc) is 2.82. The van der Waals surface area contributed by atoms with Crippen molar-refractivity contribution in [2.45, 2.75) is 0 Å². The van der Waals surface area contributed by atoms with Crippen LogP contribution in [0.1, 0.15) is 0 Å². The molecule has 0 fully saturated rings. The maximum atomic E-state index is 10.6. The van der Waals surface area contributed by atoms with Crippen LogP contribution in [0.5, 0.6) is 0 Å². The van der Waals surface area contributed by atoms with Crippen LogP contribution < -0.4 is 5.56 Å².